The first-order valence-electron chi connectivity index (χ1n) is 6.70. The summed E-state index contributed by atoms with van der Waals surface area (Å²) in [7, 11) is 0. The van der Waals surface area contributed by atoms with Crippen LogP contribution in [-0.4, -0.2) is 11.1 Å². The van der Waals surface area contributed by atoms with Crippen molar-refractivity contribution >= 4 is 5.97 Å². The van der Waals surface area contributed by atoms with Crippen LogP contribution in [0.5, 0.6) is 0 Å². The van der Waals surface area contributed by atoms with Crippen molar-refractivity contribution in [1.82, 2.24) is 0 Å². The van der Waals surface area contributed by atoms with Gasteiger partial charge < -0.3 is 5.11 Å². The zero-order chi connectivity index (χ0) is 13.1. The molecule has 0 aromatic carbocycles. The molecule has 0 aliphatic heterocycles. The molecule has 1 rings (SSSR count). The summed E-state index contributed by atoms with van der Waals surface area (Å²) in [6.07, 6.45) is 7.57. The van der Waals surface area contributed by atoms with Gasteiger partial charge in [0.25, 0.3) is 0 Å². The number of carboxylic acid groups (broad SMARTS) is 1. The molecule has 0 heterocycles. The minimum atomic E-state index is -0.696. The van der Waals surface area contributed by atoms with Gasteiger partial charge in [-0.05, 0) is 42.4 Å². The van der Waals surface area contributed by atoms with Crippen molar-refractivity contribution < 1.29 is 9.90 Å². The van der Waals surface area contributed by atoms with E-state index in [0.717, 1.165) is 31.6 Å². The van der Waals surface area contributed by atoms with Crippen LogP contribution in [0.3, 0.4) is 0 Å². The van der Waals surface area contributed by atoms with E-state index in [4.69, 9.17) is 5.11 Å². The molecule has 0 bridgehead atoms. The summed E-state index contributed by atoms with van der Waals surface area (Å²) in [6, 6.07) is 0. The Balaban J connectivity index is 2.65. The van der Waals surface area contributed by atoms with Gasteiger partial charge in [0, 0.05) is 0 Å². The Labute approximate surface area is 105 Å². The Hall–Kier alpha value is -0.790. The topological polar surface area (TPSA) is 37.3 Å². The van der Waals surface area contributed by atoms with E-state index in [1.54, 1.807) is 0 Å². The molecular formula is C15H26O2. The van der Waals surface area contributed by atoms with Crippen molar-refractivity contribution in [3.05, 3.63) is 12.7 Å². The molecule has 0 radical (unpaired) electrons. The second-order valence-electron chi connectivity index (χ2n) is 6.25. The molecule has 1 N–H and O–H groups in total. The molecule has 0 spiro atoms. The van der Waals surface area contributed by atoms with Crippen LogP contribution < -0.4 is 0 Å². The molecule has 98 valence electrons. The number of aliphatic carboxylic acids is 1. The monoisotopic (exact) mass is 238 g/mol. The lowest BCUT2D eigenvalue weighted by molar-refractivity contribution is -0.139. The molecule has 1 aliphatic carbocycles. The fraction of sp³-hybridized carbons (Fsp3) is 0.800. The highest BCUT2D eigenvalue weighted by Gasteiger charge is 2.39. The molecule has 0 aromatic rings. The quantitative estimate of drug-likeness (QED) is 0.727. The van der Waals surface area contributed by atoms with Gasteiger partial charge >= 0.3 is 5.97 Å². The lowest BCUT2D eigenvalue weighted by atomic mass is 9.62. The van der Waals surface area contributed by atoms with Crippen LogP contribution in [0, 0.1) is 16.7 Å². The smallest absolute Gasteiger partial charge is 0.304 e. The standard InChI is InChI=1S/C15H26O2/c1-5-14(3,4)12-7-9-15(6-2,10-8-12)11-13(16)17/h6,12H,2,5,7-11H2,1,3-4H3,(H,16,17). The van der Waals surface area contributed by atoms with E-state index in [1.807, 2.05) is 6.08 Å². The molecule has 1 aliphatic rings. The fourth-order valence-corrected chi connectivity index (χ4v) is 3.02. The highest BCUT2D eigenvalue weighted by Crippen LogP contribution is 2.48. The molecule has 1 saturated carbocycles. The SMILES string of the molecule is C=CC1(CC(=O)O)CCC(C(C)(C)CC)CC1. The summed E-state index contributed by atoms with van der Waals surface area (Å²) >= 11 is 0. The maximum Gasteiger partial charge on any atom is 0.304 e. The van der Waals surface area contributed by atoms with Crippen LogP contribution in [0.25, 0.3) is 0 Å². The van der Waals surface area contributed by atoms with Gasteiger partial charge in [0.1, 0.15) is 0 Å². The van der Waals surface area contributed by atoms with Crippen molar-refractivity contribution in [1.29, 1.82) is 0 Å². The lowest BCUT2D eigenvalue weighted by Crippen LogP contribution is -2.33. The first-order valence-corrected chi connectivity index (χ1v) is 6.70. The third-order valence-electron chi connectivity index (χ3n) is 4.93. The molecule has 0 saturated heterocycles. The summed E-state index contributed by atoms with van der Waals surface area (Å²) in [6.45, 7) is 10.8. The van der Waals surface area contributed by atoms with E-state index in [2.05, 4.69) is 27.4 Å². The molecule has 0 amide bonds. The lowest BCUT2D eigenvalue weighted by Gasteiger charge is -2.43. The number of hydrogen-bond acceptors (Lipinski definition) is 1. The molecular weight excluding hydrogens is 212 g/mol. The van der Waals surface area contributed by atoms with Gasteiger partial charge in [-0.15, -0.1) is 6.58 Å². The van der Waals surface area contributed by atoms with Crippen LogP contribution in [-0.2, 0) is 4.79 Å². The van der Waals surface area contributed by atoms with Gasteiger partial charge in [0.2, 0.25) is 0 Å². The Bertz CT molecular complexity index is 283. The second-order valence-corrected chi connectivity index (χ2v) is 6.25. The first kappa shape index (κ1) is 14.3. The fourth-order valence-electron chi connectivity index (χ4n) is 3.02. The Kier molecular flexibility index (Phi) is 4.40. The minimum Gasteiger partial charge on any atom is -0.481 e. The summed E-state index contributed by atoms with van der Waals surface area (Å²) in [5.41, 5.74) is 0.239. The molecule has 0 unspecified atom stereocenters. The minimum absolute atomic E-state index is 0.147. The number of hydrogen-bond donors (Lipinski definition) is 1. The number of carbonyl (C=O) groups is 1. The van der Waals surface area contributed by atoms with E-state index in [1.165, 1.54) is 6.42 Å². The molecule has 1 fully saturated rings. The van der Waals surface area contributed by atoms with Crippen molar-refractivity contribution in [2.24, 2.45) is 16.7 Å². The van der Waals surface area contributed by atoms with Gasteiger partial charge in [-0.25, -0.2) is 0 Å². The van der Waals surface area contributed by atoms with Crippen LogP contribution >= 0.6 is 0 Å². The summed E-state index contributed by atoms with van der Waals surface area (Å²) in [5, 5.41) is 8.99. The van der Waals surface area contributed by atoms with Crippen LogP contribution in [0.15, 0.2) is 12.7 Å². The van der Waals surface area contributed by atoms with E-state index in [-0.39, 0.29) is 11.8 Å². The van der Waals surface area contributed by atoms with E-state index in [0.29, 0.717) is 5.41 Å². The normalized spacial score (nSPS) is 29.9. The van der Waals surface area contributed by atoms with Gasteiger partial charge in [0.15, 0.2) is 0 Å². The average molecular weight is 238 g/mol. The number of carboxylic acids is 1. The largest absolute Gasteiger partial charge is 0.481 e. The molecule has 2 heteroatoms. The second kappa shape index (κ2) is 5.24. The Morgan fingerprint density at radius 1 is 1.47 bits per heavy atom. The Morgan fingerprint density at radius 3 is 2.35 bits per heavy atom. The zero-order valence-electron chi connectivity index (χ0n) is 11.5. The molecule has 17 heavy (non-hydrogen) atoms. The highest BCUT2D eigenvalue weighted by atomic mass is 16.4. The van der Waals surface area contributed by atoms with Crippen molar-refractivity contribution in [2.75, 3.05) is 0 Å². The molecule has 2 nitrogen and oxygen atoms in total. The summed E-state index contributed by atoms with van der Waals surface area (Å²) < 4.78 is 0. The van der Waals surface area contributed by atoms with Crippen molar-refractivity contribution in [2.45, 2.75) is 59.3 Å². The van der Waals surface area contributed by atoms with Crippen molar-refractivity contribution in [3.8, 4) is 0 Å². The predicted molar refractivity (Wildman–Crippen MR) is 70.9 cm³/mol. The van der Waals surface area contributed by atoms with Crippen molar-refractivity contribution in [3.63, 3.8) is 0 Å². The van der Waals surface area contributed by atoms with E-state index >= 15 is 0 Å². The van der Waals surface area contributed by atoms with Gasteiger partial charge in [-0.3, -0.25) is 4.79 Å². The summed E-state index contributed by atoms with van der Waals surface area (Å²) in [5.74, 6) is 0.0347. The van der Waals surface area contributed by atoms with Crippen LogP contribution in [0.1, 0.15) is 59.3 Å². The number of rotatable bonds is 5. The third kappa shape index (κ3) is 3.34. The maximum atomic E-state index is 10.9. The highest BCUT2D eigenvalue weighted by molar-refractivity contribution is 5.68. The maximum absolute atomic E-state index is 10.9. The van der Waals surface area contributed by atoms with Gasteiger partial charge in [0.05, 0.1) is 6.42 Å². The van der Waals surface area contributed by atoms with Gasteiger partial charge in [-0.2, -0.15) is 0 Å². The summed E-state index contributed by atoms with van der Waals surface area (Å²) in [4.78, 5) is 10.9. The average Bonchev–Trinajstić information content (AvgIpc) is 2.29. The molecule has 0 aromatic heterocycles. The van der Waals surface area contributed by atoms with Gasteiger partial charge in [-0.1, -0.05) is 33.3 Å². The third-order valence-corrected chi connectivity index (χ3v) is 4.93. The number of allylic oxidation sites excluding steroid dienone is 1. The zero-order valence-corrected chi connectivity index (χ0v) is 11.5. The van der Waals surface area contributed by atoms with Crippen LogP contribution in [0.2, 0.25) is 0 Å². The first-order chi connectivity index (χ1) is 7.85. The molecule has 0 atom stereocenters. The predicted octanol–water partition coefficient (Wildman–Crippen LogP) is 4.26. The van der Waals surface area contributed by atoms with E-state index < -0.39 is 5.97 Å². The van der Waals surface area contributed by atoms with E-state index in [9.17, 15) is 4.79 Å². The van der Waals surface area contributed by atoms with Crippen LogP contribution in [0.4, 0.5) is 0 Å². The Morgan fingerprint density at radius 2 is 2.00 bits per heavy atom.